The Kier molecular flexibility index (Phi) is 3.73. The van der Waals surface area contributed by atoms with Crippen molar-refractivity contribution in [1.82, 2.24) is 10.3 Å². The van der Waals surface area contributed by atoms with Crippen molar-refractivity contribution >= 4 is 17.4 Å². The van der Waals surface area contributed by atoms with Gasteiger partial charge < -0.3 is 10.6 Å². The predicted molar refractivity (Wildman–Crippen MR) is 83.5 cm³/mol. The lowest BCUT2D eigenvalue weighted by molar-refractivity contribution is 0.252. The SMILES string of the molecule is Cc1ccc(CNc2ccc(N3CCNC3=O)cc2)cn1. The number of amides is 2. The molecule has 1 saturated heterocycles. The maximum Gasteiger partial charge on any atom is 0.321 e. The fraction of sp³-hybridized carbons (Fsp3) is 0.250. The molecule has 0 aliphatic carbocycles. The summed E-state index contributed by atoms with van der Waals surface area (Å²) < 4.78 is 0. The van der Waals surface area contributed by atoms with E-state index in [0.29, 0.717) is 6.54 Å². The first kappa shape index (κ1) is 13.4. The number of urea groups is 1. The normalized spacial score (nSPS) is 14.1. The van der Waals surface area contributed by atoms with Crippen molar-refractivity contribution in [1.29, 1.82) is 0 Å². The van der Waals surface area contributed by atoms with Gasteiger partial charge in [0.1, 0.15) is 0 Å². The maximum absolute atomic E-state index is 11.6. The molecule has 1 aliphatic heterocycles. The highest BCUT2D eigenvalue weighted by molar-refractivity contribution is 5.94. The Hall–Kier alpha value is -2.56. The van der Waals surface area contributed by atoms with Crippen LogP contribution in [0.25, 0.3) is 0 Å². The second-order valence-corrected chi connectivity index (χ2v) is 5.09. The lowest BCUT2D eigenvalue weighted by Crippen LogP contribution is -2.27. The summed E-state index contributed by atoms with van der Waals surface area (Å²) in [7, 11) is 0. The molecule has 1 aromatic carbocycles. The number of hydrogen-bond donors (Lipinski definition) is 2. The Morgan fingerprint density at radius 1 is 1.24 bits per heavy atom. The molecule has 2 heterocycles. The number of rotatable bonds is 4. The minimum Gasteiger partial charge on any atom is -0.381 e. The van der Waals surface area contributed by atoms with Crippen molar-refractivity contribution in [3.8, 4) is 0 Å². The van der Waals surface area contributed by atoms with Crippen LogP contribution in [0.3, 0.4) is 0 Å². The van der Waals surface area contributed by atoms with E-state index < -0.39 is 0 Å². The van der Waals surface area contributed by atoms with Gasteiger partial charge in [-0.1, -0.05) is 6.07 Å². The van der Waals surface area contributed by atoms with Crippen molar-refractivity contribution in [2.24, 2.45) is 0 Å². The van der Waals surface area contributed by atoms with E-state index in [-0.39, 0.29) is 6.03 Å². The Bertz CT molecular complexity index is 622. The number of benzene rings is 1. The van der Waals surface area contributed by atoms with Crippen molar-refractivity contribution in [3.63, 3.8) is 0 Å². The standard InChI is InChI=1S/C16H18N4O/c1-12-2-3-13(10-18-12)11-19-14-4-6-15(7-5-14)20-9-8-17-16(20)21/h2-7,10,19H,8-9,11H2,1H3,(H,17,21). The summed E-state index contributed by atoms with van der Waals surface area (Å²) in [6.07, 6.45) is 1.88. The molecule has 2 aromatic rings. The average molecular weight is 282 g/mol. The van der Waals surface area contributed by atoms with E-state index >= 15 is 0 Å². The number of nitrogens with one attached hydrogen (secondary N) is 2. The molecular weight excluding hydrogens is 264 g/mol. The number of anilines is 2. The number of carbonyl (C=O) groups excluding carboxylic acids is 1. The second-order valence-electron chi connectivity index (χ2n) is 5.09. The van der Waals surface area contributed by atoms with Gasteiger partial charge in [-0.2, -0.15) is 0 Å². The number of aryl methyl sites for hydroxylation is 1. The topological polar surface area (TPSA) is 57.3 Å². The summed E-state index contributed by atoms with van der Waals surface area (Å²) in [6.45, 7) is 4.14. The molecule has 0 saturated carbocycles. The minimum atomic E-state index is -0.0264. The Morgan fingerprint density at radius 3 is 2.67 bits per heavy atom. The first-order valence-electron chi connectivity index (χ1n) is 7.03. The van der Waals surface area contributed by atoms with Gasteiger partial charge in [-0.3, -0.25) is 9.88 Å². The van der Waals surface area contributed by atoms with Crippen LogP contribution < -0.4 is 15.5 Å². The van der Waals surface area contributed by atoms with Gasteiger partial charge in [0.25, 0.3) is 0 Å². The summed E-state index contributed by atoms with van der Waals surface area (Å²) in [5.74, 6) is 0. The molecule has 1 fully saturated rings. The number of aromatic nitrogens is 1. The zero-order valence-electron chi connectivity index (χ0n) is 12.0. The van der Waals surface area contributed by atoms with E-state index in [4.69, 9.17) is 0 Å². The van der Waals surface area contributed by atoms with Gasteiger partial charge in [0.05, 0.1) is 0 Å². The molecule has 2 amide bonds. The number of carbonyl (C=O) groups is 1. The van der Waals surface area contributed by atoms with Crippen LogP contribution in [0.1, 0.15) is 11.3 Å². The fourth-order valence-corrected chi connectivity index (χ4v) is 2.28. The summed E-state index contributed by atoms with van der Waals surface area (Å²) >= 11 is 0. The maximum atomic E-state index is 11.6. The van der Waals surface area contributed by atoms with E-state index in [9.17, 15) is 4.79 Å². The van der Waals surface area contributed by atoms with Crippen molar-refractivity contribution in [2.45, 2.75) is 13.5 Å². The predicted octanol–water partition coefficient (Wildman–Crippen LogP) is 2.53. The van der Waals surface area contributed by atoms with Crippen LogP contribution in [0.5, 0.6) is 0 Å². The molecule has 0 unspecified atom stereocenters. The zero-order valence-corrected chi connectivity index (χ0v) is 12.0. The molecule has 108 valence electrons. The minimum absolute atomic E-state index is 0.0264. The molecule has 5 nitrogen and oxygen atoms in total. The molecule has 1 aromatic heterocycles. The largest absolute Gasteiger partial charge is 0.381 e. The third-order valence-corrected chi connectivity index (χ3v) is 3.51. The lowest BCUT2D eigenvalue weighted by atomic mass is 10.2. The number of nitrogens with zero attached hydrogens (tertiary/aromatic N) is 2. The van der Waals surface area contributed by atoms with Gasteiger partial charge in [-0.15, -0.1) is 0 Å². The van der Waals surface area contributed by atoms with Gasteiger partial charge in [0.2, 0.25) is 0 Å². The van der Waals surface area contributed by atoms with E-state index in [2.05, 4.69) is 21.7 Å². The lowest BCUT2D eigenvalue weighted by Gasteiger charge is -2.15. The molecule has 1 aliphatic rings. The van der Waals surface area contributed by atoms with Crippen molar-refractivity contribution in [2.75, 3.05) is 23.3 Å². The van der Waals surface area contributed by atoms with Crippen LogP contribution in [-0.2, 0) is 6.54 Å². The molecular formula is C16H18N4O. The van der Waals surface area contributed by atoms with Crippen LogP contribution in [-0.4, -0.2) is 24.1 Å². The Labute approximate surface area is 124 Å². The van der Waals surface area contributed by atoms with E-state index in [1.165, 1.54) is 0 Å². The van der Waals surface area contributed by atoms with E-state index in [0.717, 1.165) is 35.7 Å². The summed E-state index contributed by atoms with van der Waals surface area (Å²) in [4.78, 5) is 17.6. The summed E-state index contributed by atoms with van der Waals surface area (Å²) in [5.41, 5.74) is 4.11. The fourth-order valence-electron chi connectivity index (χ4n) is 2.28. The van der Waals surface area contributed by atoms with Gasteiger partial charge in [0, 0.05) is 42.9 Å². The monoisotopic (exact) mass is 282 g/mol. The second kappa shape index (κ2) is 5.83. The highest BCUT2D eigenvalue weighted by Crippen LogP contribution is 2.19. The van der Waals surface area contributed by atoms with Gasteiger partial charge in [-0.25, -0.2) is 4.79 Å². The molecule has 21 heavy (non-hydrogen) atoms. The quantitative estimate of drug-likeness (QED) is 0.906. The van der Waals surface area contributed by atoms with Crippen LogP contribution in [0, 0.1) is 6.92 Å². The molecule has 0 bridgehead atoms. The Morgan fingerprint density at radius 2 is 2.05 bits per heavy atom. The van der Waals surface area contributed by atoms with Gasteiger partial charge in [0.15, 0.2) is 0 Å². The van der Waals surface area contributed by atoms with Gasteiger partial charge >= 0.3 is 6.03 Å². The molecule has 0 spiro atoms. The van der Waals surface area contributed by atoms with Crippen molar-refractivity contribution < 1.29 is 4.79 Å². The summed E-state index contributed by atoms with van der Waals surface area (Å²) in [6, 6.07) is 11.9. The van der Waals surface area contributed by atoms with E-state index in [1.807, 2.05) is 43.5 Å². The molecule has 0 atom stereocenters. The first-order valence-corrected chi connectivity index (χ1v) is 7.03. The third-order valence-electron chi connectivity index (χ3n) is 3.51. The van der Waals surface area contributed by atoms with Crippen LogP contribution >= 0.6 is 0 Å². The smallest absolute Gasteiger partial charge is 0.321 e. The average Bonchev–Trinajstić information content (AvgIpc) is 2.93. The van der Waals surface area contributed by atoms with E-state index in [1.54, 1.807) is 4.90 Å². The van der Waals surface area contributed by atoms with Gasteiger partial charge in [-0.05, 0) is 42.8 Å². The first-order chi connectivity index (χ1) is 10.2. The van der Waals surface area contributed by atoms with Crippen molar-refractivity contribution in [3.05, 3.63) is 53.9 Å². The molecule has 0 radical (unpaired) electrons. The highest BCUT2D eigenvalue weighted by atomic mass is 16.2. The molecule has 3 rings (SSSR count). The van der Waals surface area contributed by atoms with Crippen LogP contribution in [0.4, 0.5) is 16.2 Å². The molecule has 2 N–H and O–H groups in total. The van der Waals surface area contributed by atoms with Crippen LogP contribution in [0.15, 0.2) is 42.6 Å². The highest BCUT2D eigenvalue weighted by Gasteiger charge is 2.20. The number of hydrogen-bond acceptors (Lipinski definition) is 3. The third kappa shape index (κ3) is 3.13. The Balaban J connectivity index is 1.62. The zero-order chi connectivity index (χ0) is 14.7. The number of pyridine rings is 1. The summed E-state index contributed by atoms with van der Waals surface area (Å²) in [5, 5.41) is 6.15. The van der Waals surface area contributed by atoms with Crippen LogP contribution in [0.2, 0.25) is 0 Å². The molecule has 5 heteroatoms.